The monoisotopic (exact) mass is 532 g/mol. The Balaban J connectivity index is 1.89. The van der Waals surface area contributed by atoms with Crippen LogP contribution < -0.4 is 14.2 Å². The number of carbonyl (C=O) groups is 3. The molecule has 0 aliphatic heterocycles. The van der Waals surface area contributed by atoms with Gasteiger partial charge in [-0.15, -0.1) is 0 Å². The number of ether oxygens (including phenoxy) is 3. The molecule has 0 saturated heterocycles. The minimum absolute atomic E-state index is 0.0296. The van der Waals surface area contributed by atoms with Gasteiger partial charge in [0.25, 0.3) is 5.92 Å². The van der Waals surface area contributed by atoms with Gasteiger partial charge in [-0.2, -0.15) is 8.78 Å². The van der Waals surface area contributed by atoms with Gasteiger partial charge >= 0.3 is 17.9 Å². The molecule has 0 aliphatic rings. The third kappa shape index (κ3) is 6.93. The predicted octanol–water partition coefficient (Wildman–Crippen LogP) is 6.94. The molecule has 3 aromatic rings. The Bertz CT molecular complexity index is 1470. The zero-order valence-electron chi connectivity index (χ0n) is 21.7. The molecule has 39 heavy (non-hydrogen) atoms. The number of hydrogen-bond acceptors (Lipinski definition) is 6. The molecule has 0 bridgehead atoms. The largest absolute Gasteiger partial charge is 0.423 e. The number of hydrogen-bond donors (Lipinski definition) is 0. The molecule has 0 amide bonds. The third-order valence-electron chi connectivity index (χ3n) is 5.40. The fourth-order valence-electron chi connectivity index (χ4n) is 3.19. The van der Waals surface area contributed by atoms with Crippen molar-refractivity contribution in [3.63, 3.8) is 0 Å². The molecule has 3 aromatic carbocycles. The summed E-state index contributed by atoms with van der Waals surface area (Å²) in [5.41, 5.74) is 0.939. The van der Waals surface area contributed by atoms with E-state index in [1.54, 1.807) is 24.3 Å². The molecular formula is C31H26F2O6. The van der Waals surface area contributed by atoms with Crippen LogP contribution in [0.25, 0.3) is 11.1 Å². The fourth-order valence-corrected chi connectivity index (χ4v) is 3.19. The summed E-state index contributed by atoms with van der Waals surface area (Å²) in [6, 6.07) is 15.3. The number of esters is 3. The van der Waals surface area contributed by atoms with Gasteiger partial charge in [0.1, 0.15) is 5.75 Å². The van der Waals surface area contributed by atoms with Gasteiger partial charge in [0.15, 0.2) is 11.5 Å². The second kappa shape index (κ2) is 11.7. The van der Waals surface area contributed by atoms with Crippen LogP contribution in [-0.2, 0) is 20.3 Å². The maximum Gasteiger partial charge on any atom is 0.338 e. The van der Waals surface area contributed by atoms with Gasteiger partial charge in [-0.05, 0) is 62.2 Å². The second-order valence-electron chi connectivity index (χ2n) is 8.85. The summed E-state index contributed by atoms with van der Waals surface area (Å²) in [7, 11) is 0. The Hall–Kier alpha value is -4.85. The highest BCUT2D eigenvalue weighted by Crippen LogP contribution is 2.41. The normalized spacial score (nSPS) is 10.8. The van der Waals surface area contributed by atoms with E-state index >= 15 is 8.78 Å². The van der Waals surface area contributed by atoms with Crippen LogP contribution in [0.5, 0.6) is 17.2 Å². The first-order valence-corrected chi connectivity index (χ1v) is 11.7. The lowest BCUT2D eigenvalue weighted by atomic mass is 9.97. The van der Waals surface area contributed by atoms with Crippen LogP contribution in [0.2, 0.25) is 0 Å². The molecular weight excluding hydrogens is 506 g/mol. The van der Waals surface area contributed by atoms with E-state index < -0.39 is 29.4 Å². The summed E-state index contributed by atoms with van der Waals surface area (Å²) in [5.74, 6) is -5.96. The molecule has 0 atom stereocenters. The van der Waals surface area contributed by atoms with Gasteiger partial charge in [0, 0.05) is 27.8 Å². The second-order valence-corrected chi connectivity index (χ2v) is 8.85. The fraction of sp³-hybridized carbons (Fsp3) is 0.129. The lowest BCUT2D eigenvalue weighted by molar-refractivity contribution is -0.132. The molecule has 0 spiro atoms. The Labute approximate surface area is 224 Å². The lowest BCUT2D eigenvalue weighted by Crippen LogP contribution is -2.17. The van der Waals surface area contributed by atoms with Crippen LogP contribution in [0, 0.1) is 0 Å². The van der Waals surface area contributed by atoms with Crippen molar-refractivity contribution in [2.45, 2.75) is 26.7 Å². The Morgan fingerprint density at radius 2 is 1.00 bits per heavy atom. The molecule has 0 heterocycles. The van der Waals surface area contributed by atoms with E-state index in [2.05, 4.69) is 19.7 Å². The number of halogens is 2. The molecule has 0 aromatic heterocycles. The van der Waals surface area contributed by atoms with Gasteiger partial charge in [0.05, 0.1) is 0 Å². The minimum Gasteiger partial charge on any atom is -0.423 e. The van der Waals surface area contributed by atoms with Crippen molar-refractivity contribution in [1.82, 2.24) is 0 Å². The van der Waals surface area contributed by atoms with Crippen molar-refractivity contribution in [1.29, 1.82) is 0 Å². The molecule has 200 valence electrons. The Morgan fingerprint density at radius 3 is 1.49 bits per heavy atom. The first-order valence-electron chi connectivity index (χ1n) is 11.7. The van der Waals surface area contributed by atoms with Crippen molar-refractivity contribution in [2.75, 3.05) is 0 Å². The van der Waals surface area contributed by atoms with Crippen LogP contribution in [0.15, 0.2) is 103 Å². The van der Waals surface area contributed by atoms with Crippen LogP contribution in [0.1, 0.15) is 31.9 Å². The van der Waals surface area contributed by atoms with Gasteiger partial charge in [0.2, 0.25) is 0 Å². The average Bonchev–Trinajstić information content (AvgIpc) is 2.89. The number of benzene rings is 3. The van der Waals surface area contributed by atoms with Crippen molar-refractivity contribution in [3.05, 3.63) is 114 Å². The first kappa shape index (κ1) is 28.7. The first-order chi connectivity index (χ1) is 18.3. The smallest absolute Gasteiger partial charge is 0.338 e. The zero-order chi connectivity index (χ0) is 28.9. The summed E-state index contributed by atoms with van der Waals surface area (Å²) in [6.07, 6.45) is 0. The van der Waals surface area contributed by atoms with Crippen LogP contribution in [0.4, 0.5) is 8.78 Å². The molecule has 0 fully saturated rings. The molecule has 8 heteroatoms. The Kier molecular flexibility index (Phi) is 8.60. The zero-order valence-corrected chi connectivity index (χ0v) is 21.7. The summed E-state index contributed by atoms with van der Waals surface area (Å²) in [5, 5.41) is 0. The molecule has 0 aliphatic carbocycles. The van der Waals surface area contributed by atoms with E-state index in [-0.39, 0.29) is 33.8 Å². The molecule has 0 saturated carbocycles. The summed E-state index contributed by atoms with van der Waals surface area (Å²) in [4.78, 5) is 35.7. The van der Waals surface area contributed by atoms with E-state index in [4.69, 9.17) is 14.2 Å². The molecule has 0 radical (unpaired) electrons. The van der Waals surface area contributed by atoms with Crippen LogP contribution in [0.3, 0.4) is 0 Å². The maximum absolute atomic E-state index is 15.5. The van der Waals surface area contributed by atoms with E-state index in [0.29, 0.717) is 11.3 Å². The standard InChI is InChI=1S/C31H26F2O6/c1-18(2)28(34)37-25-14-9-22(10-15-25)21-7-11-23(12-8-21)31(32,33)24-13-16-26(38-29(35)19(3)4)27(17-24)39-30(36)20(5)6/h7-17H,1,3,5H2,2,4,6H3. The van der Waals surface area contributed by atoms with E-state index in [1.807, 2.05) is 0 Å². The van der Waals surface area contributed by atoms with E-state index in [1.165, 1.54) is 45.0 Å². The van der Waals surface area contributed by atoms with Crippen molar-refractivity contribution < 1.29 is 37.4 Å². The highest BCUT2D eigenvalue weighted by atomic mass is 19.3. The van der Waals surface area contributed by atoms with Gasteiger partial charge in [-0.1, -0.05) is 56.1 Å². The summed E-state index contributed by atoms with van der Waals surface area (Å²) < 4.78 is 46.5. The summed E-state index contributed by atoms with van der Waals surface area (Å²) >= 11 is 0. The Morgan fingerprint density at radius 1 is 0.590 bits per heavy atom. The predicted molar refractivity (Wildman–Crippen MR) is 143 cm³/mol. The summed E-state index contributed by atoms with van der Waals surface area (Å²) in [6.45, 7) is 14.8. The molecule has 3 rings (SSSR count). The SMILES string of the molecule is C=C(C)C(=O)Oc1ccc(-c2ccc(C(F)(F)c3ccc(OC(=O)C(=C)C)c(OC(=O)C(=C)C)c3)cc2)cc1. The van der Waals surface area contributed by atoms with E-state index in [9.17, 15) is 14.4 Å². The van der Waals surface area contributed by atoms with Crippen LogP contribution >= 0.6 is 0 Å². The number of carbonyl (C=O) groups excluding carboxylic acids is 3. The van der Waals surface area contributed by atoms with E-state index in [0.717, 1.165) is 23.8 Å². The van der Waals surface area contributed by atoms with Gasteiger partial charge < -0.3 is 14.2 Å². The topological polar surface area (TPSA) is 78.9 Å². The highest BCUT2D eigenvalue weighted by molar-refractivity contribution is 5.91. The van der Waals surface area contributed by atoms with Gasteiger partial charge in [-0.25, -0.2) is 14.4 Å². The number of alkyl halides is 2. The number of rotatable bonds is 9. The lowest BCUT2D eigenvalue weighted by Gasteiger charge is -2.20. The quantitative estimate of drug-likeness (QED) is 0.169. The highest BCUT2D eigenvalue weighted by Gasteiger charge is 2.35. The van der Waals surface area contributed by atoms with Crippen molar-refractivity contribution in [2.24, 2.45) is 0 Å². The third-order valence-corrected chi connectivity index (χ3v) is 5.40. The molecule has 6 nitrogen and oxygen atoms in total. The molecule has 0 N–H and O–H groups in total. The average molecular weight is 533 g/mol. The van der Waals surface area contributed by atoms with Crippen LogP contribution in [-0.4, -0.2) is 17.9 Å². The maximum atomic E-state index is 15.5. The minimum atomic E-state index is -3.49. The van der Waals surface area contributed by atoms with Gasteiger partial charge in [-0.3, -0.25) is 0 Å². The molecule has 0 unspecified atom stereocenters. The van der Waals surface area contributed by atoms with Crippen molar-refractivity contribution >= 4 is 17.9 Å². The van der Waals surface area contributed by atoms with Crippen molar-refractivity contribution in [3.8, 4) is 28.4 Å².